The zero-order valence-electron chi connectivity index (χ0n) is 15.7. The fourth-order valence-electron chi connectivity index (χ4n) is 3.66. The first-order chi connectivity index (χ1) is 12.7. The number of imidazole rings is 1. The maximum Gasteiger partial charge on any atom is 0.231 e. The zero-order valence-corrected chi connectivity index (χ0v) is 18.0. The number of nitrogens with zero attached hydrogens (tertiary/aromatic N) is 4. The Morgan fingerprint density at radius 1 is 1.33 bits per heavy atom. The third-order valence-corrected chi connectivity index (χ3v) is 5.23. The number of guanidine groups is 1. The van der Waals surface area contributed by atoms with Crippen molar-refractivity contribution in [3.8, 4) is 11.5 Å². The lowest BCUT2D eigenvalue weighted by atomic mass is 9.93. The van der Waals surface area contributed by atoms with Crippen molar-refractivity contribution in [2.75, 3.05) is 26.9 Å². The molecule has 8 heteroatoms. The van der Waals surface area contributed by atoms with Crippen LogP contribution < -0.4 is 14.8 Å². The Hall–Kier alpha value is -1.97. The van der Waals surface area contributed by atoms with Gasteiger partial charge in [-0.3, -0.25) is 4.99 Å². The standard InChI is InChI=1S/C19H25N5O2.HI/c1-14-5-7-23(11-16(14)24-8-6-21-12-24)19(20-2)22-10-15-3-4-17-18(9-15)26-13-25-17;/h3-4,6,8-9,12,14,16H,5,7,10-11,13H2,1-2H3,(H,20,22);1H. The van der Waals surface area contributed by atoms with Crippen LogP contribution in [0.1, 0.15) is 24.9 Å². The van der Waals surface area contributed by atoms with Crippen LogP contribution in [0.25, 0.3) is 0 Å². The quantitative estimate of drug-likeness (QED) is 0.414. The predicted molar refractivity (Wildman–Crippen MR) is 115 cm³/mol. The molecule has 1 aromatic carbocycles. The van der Waals surface area contributed by atoms with Crippen molar-refractivity contribution in [1.82, 2.24) is 19.8 Å². The van der Waals surface area contributed by atoms with Gasteiger partial charge in [-0.1, -0.05) is 13.0 Å². The van der Waals surface area contributed by atoms with Crippen LogP contribution in [0, 0.1) is 5.92 Å². The summed E-state index contributed by atoms with van der Waals surface area (Å²) in [5, 5.41) is 3.48. The summed E-state index contributed by atoms with van der Waals surface area (Å²) < 4.78 is 13.0. The number of aromatic nitrogens is 2. The second-order valence-corrected chi connectivity index (χ2v) is 6.88. The first-order valence-corrected chi connectivity index (χ1v) is 9.06. The number of hydrogen-bond acceptors (Lipinski definition) is 4. The van der Waals surface area contributed by atoms with Crippen LogP contribution in [0.2, 0.25) is 0 Å². The smallest absolute Gasteiger partial charge is 0.231 e. The van der Waals surface area contributed by atoms with Crippen LogP contribution in [0.5, 0.6) is 11.5 Å². The van der Waals surface area contributed by atoms with Gasteiger partial charge in [0.15, 0.2) is 17.5 Å². The highest BCUT2D eigenvalue weighted by Gasteiger charge is 2.28. The number of benzene rings is 1. The lowest BCUT2D eigenvalue weighted by Crippen LogP contribution is -2.48. The van der Waals surface area contributed by atoms with Gasteiger partial charge in [-0.2, -0.15) is 0 Å². The Morgan fingerprint density at radius 2 is 2.19 bits per heavy atom. The highest BCUT2D eigenvalue weighted by molar-refractivity contribution is 14.0. The summed E-state index contributed by atoms with van der Waals surface area (Å²) in [6, 6.07) is 6.45. The molecule has 0 saturated carbocycles. The lowest BCUT2D eigenvalue weighted by molar-refractivity contribution is 0.174. The fraction of sp³-hybridized carbons (Fsp3) is 0.474. The van der Waals surface area contributed by atoms with Crippen molar-refractivity contribution in [2.45, 2.75) is 25.9 Å². The largest absolute Gasteiger partial charge is 0.454 e. The number of likely N-dealkylation sites (tertiary alicyclic amines) is 1. The molecule has 3 heterocycles. The van der Waals surface area contributed by atoms with Gasteiger partial charge in [0.1, 0.15) is 0 Å². The summed E-state index contributed by atoms with van der Waals surface area (Å²) in [4.78, 5) is 11.0. The van der Waals surface area contributed by atoms with Crippen LogP contribution in [-0.4, -0.2) is 47.3 Å². The molecule has 7 nitrogen and oxygen atoms in total. The molecular formula is C19H26IN5O2. The van der Waals surface area contributed by atoms with Gasteiger partial charge in [0.25, 0.3) is 0 Å². The van der Waals surface area contributed by atoms with E-state index < -0.39 is 0 Å². The van der Waals surface area contributed by atoms with Crippen LogP contribution >= 0.6 is 24.0 Å². The molecule has 2 aliphatic heterocycles. The van der Waals surface area contributed by atoms with E-state index in [0.717, 1.165) is 42.5 Å². The van der Waals surface area contributed by atoms with Gasteiger partial charge in [0.2, 0.25) is 6.79 Å². The molecule has 27 heavy (non-hydrogen) atoms. The maximum absolute atomic E-state index is 5.46. The van der Waals surface area contributed by atoms with Gasteiger partial charge in [-0.25, -0.2) is 4.98 Å². The molecule has 1 fully saturated rings. The average molecular weight is 483 g/mol. The number of rotatable bonds is 3. The number of aliphatic imine (C=N–C) groups is 1. The van der Waals surface area contributed by atoms with E-state index in [1.165, 1.54) is 0 Å². The van der Waals surface area contributed by atoms with Crippen molar-refractivity contribution < 1.29 is 9.47 Å². The van der Waals surface area contributed by atoms with Crippen LogP contribution in [0.4, 0.5) is 0 Å². The number of fused-ring (bicyclic) bond motifs is 1. The van der Waals surface area contributed by atoms with Gasteiger partial charge in [0, 0.05) is 39.1 Å². The van der Waals surface area contributed by atoms with Crippen LogP contribution in [0.15, 0.2) is 41.9 Å². The number of ether oxygens (including phenoxy) is 2. The Bertz CT molecular complexity index is 780. The van der Waals surface area contributed by atoms with E-state index in [9.17, 15) is 0 Å². The third kappa shape index (κ3) is 4.31. The summed E-state index contributed by atoms with van der Waals surface area (Å²) in [6.07, 6.45) is 6.94. The molecule has 0 aliphatic carbocycles. The van der Waals surface area contributed by atoms with E-state index in [0.29, 0.717) is 25.3 Å². The highest BCUT2D eigenvalue weighted by Crippen LogP contribution is 2.32. The van der Waals surface area contributed by atoms with E-state index in [1.807, 2.05) is 37.9 Å². The highest BCUT2D eigenvalue weighted by atomic mass is 127. The molecule has 0 bridgehead atoms. The van der Waals surface area contributed by atoms with Gasteiger partial charge in [-0.15, -0.1) is 24.0 Å². The number of hydrogen-bond donors (Lipinski definition) is 1. The molecule has 1 N–H and O–H groups in total. The van der Waals surface area contributed by atoms with Gasteiger partial charge in [0.05, 0.1) is 12.4 Å². The molecule has 2 aliphatic rings. The monoisotopic (exact) mass is 483 g/mol. The SMILES string of the molecule is CN=C(NCc1ccc2c(c1)OCO2)N1CCC(C)C(n2ccnc2)C1.I. The molecule has 146 valence electrons. The first kappa shape index (κ1) is 19.8. The van der Waals surface area contributed by atoms with E-state index >= 15 is 0 Å². The molecule has 0 amide bonds. The Morgan fingerprint density at radius 3 is 2.96 bits per heavy atom. The average Bonchev–Trinajstić information content (AvgIpc) is 3.34. The number of nitrogens with one attached hydrogen (secondary N) is 1. The van der Waals surface area contributed by atoms with Crippen molar-refractivity contribution in [3.05, 3.63) is 42.5 Å². The van der Waals surface area contributed by atoms with Gasteiger partial charge < -0.3 is 24.3 Å². The Balaban J connectivity index is 0.00000210. The van der Waals surface area contributed by atoms with Crippen LogP contribution in [-0.2, 0) is 6.54 Å². The van der Waals surface area contributed by atoms with Gasteiger partial charge in [-0.05, 0) is 30.0 Å². The van der Waals surface area contributed by atoms with Crippen molar-refractivity contribution in [3.63, 3.8) is 0 Å². The number of piperidine rings is 1. The third-order valence-electron chi connectivity index (χ3n) is 5.23. The Labute approximate surface area is 176 Å². The Kier molecular flexibility index (Phi) is 6.46. The first-order valence-electron chi connectivity index (χ1n) is 9.06. The molecule has 2 unspecified atom stereocenters. The lowest BCUT2D eigenvalue weighted by Gasteiger charge is -2.39. The van der Waals surface area contributed by atoms with Gasteiger partial charge >= 0.3 is 0 Å². The van der Waals surface area contributed by atoms with E-state index in [-0.39, 0.29) is 24.0 Å². The molecule has 0 radical (unpaired) electrons. The summed E-state index contributed by atoms with van der Waals surface area (Å²) in [5.41, 5.74) is 1.15. The molecule has 4 rings (SSSR count). The minimum absolute atomic E-state index is 0. The van der Waals surface area contributed by atoms with E-state index in [4.69, 9.17) is 9.47 Å². The van der Waals surface area contributed by atoms with Crippen LogP contribution in [0.3, 0.4) is 0 Å². The fourth-order valence-corrected chi connectivity index (χ4v) is 3.66. The van der Waals surface area contributed by atoms with Crippen molar-refractivity contribution in [1.29, 1.82) is 0 Å². The molecule has 1 saturated heterocycles. The maximum atomic E-state index is 5.46. The minimum Gasteiger partial charge on any atom is -0.454 e. The minimum atomic E-state index is 0. The zero-order chi connectivity index (χ0) is 17.9. The molecule has 1 aromatic heterocycles. The summed E-state index contributed by atoms with van der Waals surface area (Å²) in [7, 11) is 1.84. The summed E-state index contributed by atoms with van der Waals surface area (Å²) in [5.74, 6) is 3.17. The summed E-state index contributed by atoms with van der Waals surface area (Å²) in [6.45, 7) is 5.25. The van der Waals surface area contributed by atoms with E-state index in [1.54, 1.807) is 0 Å². The second-order valence-electron chi connectivity index (χ2n) is 6.88. The van der Waals surface area contributed by atoms with Crippen molar-refractivity contribution in [2.24, 2.45) is 10.9 Å². The predicted octanol–water partition coefficient (Wildman–Crippen LogP) is 2.89. The molecular weight excluding hydrogens is 457 g/mol. The molecule has 0 spiro atoms. The second kappa shape index (κ2) is 8.81. The number of halogens is 1. The van der Waals surface area contributed by atoms with Crippen molar-refractivity contribution >= 4 is 29.9 Å². The molecule has 2 atom stereocenters. The molecule has 2 aromatic rings. The summed E-state index contributed by atoms with van der Waals surface area (Å²) >= 11 is 0. The topological polar surface area (TPSA) is 63.9 Å². The van der Waals surface area contributed by atoms with E-state index in [2.05, 4.69) is 37.8 Å². The normalized spacial score (nSPS) is 21.7.